The van der Waals surface area contributed by atoms with Crippen molar-refractivity contribution in [3.63, 3.8) is 0 Å². The summed E-state index contributed by atoms with van der Waals surface area (Å²) < 4.78 is 7.91. The quantitative estimate of drug-likeness (QED) is 0.868. The van der Waals surface area contributed by atoms with Gasteiger partial charge in [0.05, 0.1) is 19.0 Å². The summed E-state index contributed by atoms with van der Waals surface area (Å²) in [5.41, 5.74) is 1.77. The fourth-order valence-electron chi connectivity index (χ4n) is 4.02. The van der Waals surface area contributed by atoms with Crippen LogP contribution in [-0.4, -0.2) is 39.6 Å². The van der Waals surface area contributed by atoms with Crippen molar-refractivity contribution in [3.8, 4) is 0 Å². The van der Waals surface area contributed by atoms with Crippen molar-refractivity contribution < 1.29 is 9.53 Å². The van der Waals surface area contributed by atoms with Gasteiger partial charge in [-0.05, 0) is 30.2 Å². The van der Waals surface area contributed by atoms with Crippen molar-refractivity contribution in [2.75, 3.05) is 13.1 Å². The highest BCUT2D eigenvalue weighted by molar-refractivity contribution is 5.92. The first-order chi connectivity index (χ1) is 11.7. The molecule has 1 saturated carbocycles. The van der Waals surface area contributed by atoms with Gasteiger partial charge in [0.2, 0.25) is 0 Å². The summed E-state index contributed by atoms with van der Waals surface area (Å²) in [4.78, 5) is 18.6. The summed E-state index contributed by atoms with van der Waals surface area (Å²) >= 11 is 0. The Labute approximate surface area is 142 Å². The Morgan fingerprint density at radius 2 is 1.92 bits per heavy atom. The minimum absolute atomic E-state index is 0.0618. The van der Waals surface area contributed by atoms with Crippen LogP contribution >= 0.6 is 0 Å². The van der Waals surface area contributed by atoms with Gasteiger partial charge in [0.1, 0.15) is 5.69 Å². The van der Waals surface area contributed by atoms with Crippen LogP contribution in [-0.2, 0) is 18.4 Å². The van der Waals surface area contributed by atoms with Crippen molar-refractivity contribution in [2.24, 2.45) is 18.9 Å². The van der Waals surface area contributed by atoms with E-state index in [1.54, 1.807) is 12.5 Å². The number of imidazole rings is 1. The molecule has 24 heavy (non-hydrogen) atoms. The second-order valence-corrected chi connectivity index (χ2v) is 7.04. The third-order valence-electron chi connectivity index (χ3n) is 5.25. The zero-order valence-electron chi connectivity index (χ0n) is 14.0. The summed E-state index contributed by atoms with van der Waals surface area (Å²) in [6.07, 6.45) is 5.92. The minimum atomic E-state index is 0.0618. The molecule has 0 bridgehead atoms. The number of likely N-dealkylation sites (tertiary alicyclic amines) is 1. The van der Waals surface area contributed by atoms with Gasteiger partial charge in [0.25, 0.3) is 5.91 Å². The molecule has 5 nitrogen and oxygen atoms in total. The van der Waals surface area contributed by atoms with E-state index in [1.807, 2.05) is 34.7 Å². The molecule has 4 rings (SSSR count). The van der Waals surface area contributed by atoms with Crippen LogP contribution in [0.4, 0.5) is 0 Å². The molecule has 2 heterocycles. The Bertz CT molecular complexity index is 698. The molecule has 1 saturated heterocycles. The molecule has 0 N–H and O–H groups in total. The van der Waals surface area contributed by atoms with Crippen LogP contribution in [0.15, 0.2) is 42.9 Å². The van der Waals surface area contributed by atoms with Gasteiger partial charge < -0.3 is 14.2 Å². The highest BCUT2D eigenvalue weighted by Gasteiger charge is 2.43. The Morgan fingerprint density at radius 1 is 1.21 bits per heavy atom. The van der Waals surface area contributed by atoms with Gasteiger partial charge in [-0.25, -0.2) is 4.98 Å². The highest BCUT2D eigenvalue weighted by Crippen LogP contribution is 2.40. The summed E-state index contributed by atoms with van der Waals surface area (Å²) in [5, 5.41) is 0. The van der Waals surface area contributed by atoms with Gasteiger partial charge in [-0.2, -0.15) is 0 Å². The third-order valence-corrected chi connectivity index (χ3v) is 5.25. The monoisotopic (exact) mass is 325 g/mol. The van der Waals surface area contributed by atoms with Crippen molar-refractivity contribution in [3.05, 3.63) is 54.1 Å². The van der Waals surface area contributed by atoms with Crippen LogP contribution in [0.25, 0.3) is 0 Å². The average Bonchev–Trinajstić information content (AvgIpc) is 3.27. The highest BCUT2D eigenvalue weighted by atomic mass is 16.5. The lowest BCUT2D eigenvalue weighted by Gasteiger charge is -2.19. The van der Waals surface area contributed by atoms with E-state index in [0.717, 1.165) is 25.9 Å². The molecule has 1 aliphatic heterocycles. The van der Waals surface area contributed by atoms with Crippen LogP contribution in [0.1, 0.15) is 28.9 Å². The van der Waals surface area contributed by atoms with Gasteiger partial charge in [0, 0.05) is 26.3 Å². The first-order valence-corrected chi connectivity index (χ1v) is 8.62. The summed E-state index contributed by atoms with van der Waals surface area (Å²) in [6, 6.07) is 10.3. The van der Waals surface area contributed by atoms with Gasteiger partial charge >= 0.3 is 0 Å². The minimum Gasteiger partial charge on any atom is -0.374 e. The SMILES string of the molecule is Cn1cnc(C(=O)N2C[C@H]3CC(OCc4ccccc4)C[C@H]3C2)c1. The van der Waals surface area contributed by atoms with Crippen LogP contribution in [0.5, 0.6) is 0 Å². The van der Waals surface area contributed by atoms with Crippen molar-refractivity contribution in [2.45, 2.75) is 25.6 Å². The molecule has 2 fully saturated rings. The van der Waals surface area contributed by atoms with E-state index in [4.69, 9.17) is 4.74 Å². The number of hydrogen-bond acceptors (Lipinski definition) is 3. The lowest BCUT2D eigenvalue weighted by molar-refractivity contribution is 0.0367. The molecule has 126 valence electrons. The van der Waals surface area contributed by atoms with E-state index < -0.39 is 0 Å². The second kappa shape index (κ2) is 6.40. The molecule has 1 amide bonds. The largest absolute Gasteiger partial charge is 0.374 e. The molecule has 1 unspecified atom stereocenters. The lowest BCUT2D eigenvalue weighted by atomic mass is 10.0. The van der Waals surface area contributed by atoms with E-state index in [9.17, 15) is 4.79 Å². The number of carbonyl (C=O) groups is 1. The van der Waals surface area contributed by atoms with E-state index in [-0.39, 0.29) is 5.91 Å². The summed E-state index contributed by atoms with van der Waals surface area (Å²) in [7, 11) is 1.89. The lowest BCUT2D eigenvalue weighted by Crippen LogP contribution is -2.30. The van der Waals surface area contributed by atoms with Crippen LogP contribution in [0.2, 0.25) is 0 Å². The summed E-state index contributed by atoms with van der Waals surface area (Å²) in [5.74, 6) is 1.20. The average molecular weight is 325 g/mol. The normalized spacial score (nSPS) is 25.9. The number of aryl methyl sites for hydroxylation is 1. The van der Waals surface area contributed by atoms with Crippen LogP contribution in [0, 0.1) is 11.8 Å². The molecular formula is C19H23N3O2. The maximum absolute atomic E-state index is 12.5. The first-order valence-electron chi connectivity index (χ1n) is 8.62. The van der Waals surface area contributed by atoms with Gasteiger partial charge in [-0.3, -0.25) is 4.79 Å². The Hall–Kier alpha value is -2.14. The van der Waals surface area contributed by atoms with Gasteiger partial charge in [-0.15, -0.1) is 0 Å². The Kier molecular flexibility index (Phi) is 4.10. The number of aromatic nitrogens is 2. The van der Waals surface area contributed by atoms with Gasteiger partial charge in [-0.1, -0.05) is 30.3 Å². The van der Waals surface area contributed by atoms with E-state index in [2.05, 4.69) is 17.1 Å². The summed E-state index contributed by atoms with van der Waals surface area (Å²) in [6.45, 7) is 2.36. The van der Waals surface area contributed by atoms with Crippen LogP contribution in [0.3, 0.4) is 0 Å². The number of amides is 1. The number of ether oxygens (including phenoxy) is 1. The standard InChI is InChI=1S/C19H23N3O2/c1-21-11-18(20-13-21)19(23)22-9-15-7-17(8-16(15)10-22)24-12-14-5-3-2-4-6-14/h2-6,11,13,15-17H,7-10,12H2,1H3/t15-,16+,17?. The molecule has 5 heteroatoms. The predicted octanol–water partition coefficient (Wildman–Crippen LogP) is 2.49. The Morgan fingerprint density at radius 3 is 2.54 bits per heavy atom. The fourth-order valence-corrected chi connectivity index (χ4v) is 4.02. The fraction of sp³-hybridized carbons (Fsp3) is 0.474. The zero-order chi connectivity index (χ0) is 16.5. The predicted molar refractivity (Wildman–Crippen MR) is 90.3 cm³/mol. The molecule has 1 aromatic carbocycles. The second-order valence-electron chi connectivity index (χ2n) is 7.04. The zero-order valence-corrected chi connectivity index (χ0v) is 14.0. The number of hydrogen-bond donors (Lipinski definition) is 0. The smallest absolute Gasteiger partial charge is 0.274 e. The van der Waals surface area contributed by atoms with Crippen LogP contribution < -0.4 is 0 Å². The number of benzene rings is 1. The van der Waals surface area contributed by atoms with Crippen molar-refractivity contribution >= 4 is 5.91 Å². The van der Waals surface area contributed by atoms with E-state index in [0.29, 0.717) is 30.2 Å². The first kappa shape index (κ1) is 15.4. The molecule has 3 atom stereocenters. The number of fused-ring (bicyclic) bond motifs is 1. The molecule has 0 radical (unpaired) electrons. The molecule has 1 aliphatic carbocycles. The molecule has 2 aliphatic rings. The van der Waals surface area contributed by atoms with E-state index >= 15 is 0 Å². The number of rotatable bonds is 4. The number of carbonyl (C=O) groups excluding carboxylic acids is 1. The topological polar surface area (TPSA) is 47.4 Å². The van der Waals surface area contributed by atoms with Crippen molar-refractivity contribution in [1.82, 2.24) is 14.5 Å². The number of nitrogens with zero attached hydrogens (tertiary/aromatic N) is 3. The van der Waals surface area contributed by atoms with Crippen molar-refractivity contribution in [1.29, 1.82) is 0 Å². The molecule has 1 aromatic heterocycles. The van der Waals surface area contributed by atoms with Gasteiger partial charge in [0.15, 0.2) is 0 Å². The van der Waals surface area contributed by atoms with E-state index in [1.165, 1.54) is 5.56 Å². The molecule has 0 spiro atoms. The molecular weight excluding hydrogens is 302 g/mol. The Balaban J connectivity index is 1.29. The molecule has 2 aromatic rings. The third kappa shape index (κ3) is 3.08. The maximum Gasteiger partial charge on any atom is 0.274 e. The maximum atomic E-state index is 12.5.